The van der Waals surface area contributed by atoms with Gasteiger partial charge in [-0.05, 0) is 6.42 Å². The van der Waals surface area contributed by atoms with E-state index in [1.165, 1.54) is 11.3 Å². The highest BCUT2D eigenvalue weighted by atomic mass is 32.1. The molecule has 2 heterocycles. The van der Waals surface area contributed by atoms with Crippen molar-refractivity contribution in [2.45, 2.75) is 19.9 Å². The van der Waals surface area contributed by atoms with E-state index in [4.69, 9.17) is 5.73 Å². The van der Waals surface area contributed by atoms with Crippen molar-refractivity contribution in [3.8, 4) is 0 Å². The Kier molecular flexibility index (Phi) is 3.73. The van der Waals surface area contributed by atoms with E-state index in [0.717, 1.165) is 22.8 Å². The third kappa shape index (κ3) is 2.57. The van der Waals surface area contributed by atoms with Crippen LogP contribution in [0.2, 0.25) is 0 Å². The lowest BCUT2D eigenvalue weighted by atomic mass is 10.3. The third-order valence-electron chi connectivity index (χ3n) is 2.45. The number of hydrogen-bond acceptors (Lipinski definition) is 5. The van der Waals surface area contributed by atoms with Crippen LogP contribution in [0.15, 0.2) is 11.6 Å². The van der Waals surface area contributed by atoms with Crippen LogP contribution >= 0.6 is 11.3 Å². The molecule has 0 spiro atoms. The first-order valence-corrected chi connectivity index (χ1v) is 6.50. The maximum Gasteiger partial charge on any atom is 0.275 e. The average molecular weight is 265 g/mol. The average Bonchev–Trinajstić information content (AvgIpc) is 2.95. The first-order chi connectivity index (χ1) is 8.63. The number of rotatable bonds is 4. The number of carbonyl (C=O) groups excluding carboxylic acids is 1. The molecule has 2 aromatic rings. The van der Waals surface area contributed by atoms with Gasteiger partial charge >= 0.3 is 0 Å². The van der Waals surface area contributed by atoms with Crippen molar-refractivity contribution < 1.29 is 4.79 Å². The van der Waals surface area contributed by atoms with Gasteiger partial charge in [-0.25, -0.2) is 4.98 Å². The van der Waals surface area contributed by atoms with Crippen LogP contribution in [0.5, 0.6) is 0 Å². The molecule has 7 heteroatoms. The van der Waals surface area contributed by atoms with Crippen molar-refractivity contribution in [3.05, 3.63) is 28.0 Å². The van der Waals surface area contributed by atoms with Gasteiger partial charge in [0.25, 0.3) is 5.91 Å². The molecule has 0 aliphatic rings. The van der Waals surface area contributed by atoms with Crippen LogP contribution in [0.25, 0.3) is 0 Å². The molecule has 0 aromatic carbocycles. The second-order valence-electron chi connectivity index (χ2n) is 3.80. The van der Waals surface area contributed by atoms with Gasteiger partial charge in [0.05, 0.1) is 11.4 Å². The Hall–Kier alpha value is -1.73. The zero-order valence-electron chi connectivity index (χ0n) is 10.3. The Morgan fingerprint density at radius 2 is 2.39 bits per heavy atom. The Balaban J connectivity index is 2.15. The molecule has 2 aromatic heterocycles. The zero-order valence-corrected chi connectivity index (χ0v) is 11.1. The quantitative estimate of drug-likeness (QED) is 0.868. The van der Waals surface area contributed by atoms with Crippen molar-refractivity contribution in [1.29, 1.82) is 0 Å². The van der Waals surface area contributed by atoms with E-state index in [1.54, 1.807) is 16.3 Å². The van der Waals surface area contributed by atoms with Crippen molar-refractivity contribution >= 4 is 22.9 Å². The number of amides is 1. The Bertz CT molecular complexity index is 560. The summed E-state index contributed by atoms with van der Waals surface area (Å²) in [6.07, 6.45) is 2.55. The molecule has 0 bridgehead atoms. The molecule has 18 heavy (non-hydrogen) atoms. The summed E-state index contributed by atoms with van der Waals surface area (Å²) in [5.41, 5.74) is 7.45. The largest absolute Gasteiger partial charge is 0.325 e. The van der Waals surface area contributed by atoms with Gasteiger partial charge in [0.1, 0.15) is 10.7 Å². The maximum atomic E-state index is 12.0. The summed E-state index contributed by atoms with van der Waals surface area (Å²) >= 11 is 1.39. The fourth-order valence-electron chi connectivity index (χ4n) is 1.60. The van der Waals surface area contributed by atoms with Crippen molar-refractivity contribution in [2.24, 2.45) is 12.8 Å². The fraction of sp³-hybridized carbons (Fsp3) is 0.364. The molecule has 0 saturated heterocycles. The number of hydrogen-bond donors (Lipinski definition) is 2. The first-order valence-electron chi connectivity index (χ1n) is 5.62. The molecule has 6 nitrogen and oxygen atoms in total. The fourth-order valence-corrected chi connectivity index (χ4v) is 2.25. The number of thiazole rings is 1. The predicted octanol–water partition coefficient (Wildman–Crippen LogP) is 1.15. The van der Waals surface area contributed by atoms with E-state index >= 15 is 0 Å². The Labute approximate surface area is 109 Å². The molecule has 0 atom stereocenters. The number of nitrogens with one attached hydrogen (secondary N) is 1. The summed E-state index contributed by atoms with van der Waals surface area (Å²) in [7, 11) is 1.82. The van der Waals surface area contributed by atoms with Crippen LogP contribution in [-0.2, 0) is 20.0 Å². The monoisotopic (exact) mass is 265 g/mol. The zero-order chi connectivity index (χ0) is 13.1. The SMILES string of the molecule is CCc1nn(C)cc1NC(=O)c1csc(CN)n1. The van der Waals surface area contributed by atoms with Crippen LogP contribution in [0.1, 0.15) is 28.1 Å². The summed E-state index contributed by atoms with van der Waals surface area (Å²) in [5.74, 6) is -0.228. The predicted molar refractivity (Wildman–Crippen MR) is 70.5 cm³/mol. The van der Waals surface area contributed by atoms with Gasteiger partial charge in [-0.15, -0.1) is 11.3 Å². The van der Waals surface area contributed by atoms with Crippen LogP contribution in [0, 0.1) is 0 Å². The summed E-state index contributed by atoms with van der Waals surface area (Å²) in [4.78, 5) is 16.1. The molecule has 0 saturated carbocycles. The number of aromatic nitrogens is 3. The first kappa shape index (κ1) is 12.7. The topological polar surface area (TPSA) is 85.8 Å². The van der Waals surface area contributed by atoms with Gasteiger partial charge in [-0.3, -0.25) is 9.48 Å². The number of nitrogens with two attached hydrogens (primary N) is 1. The molecule has 0 aliphatic heterocycles. The highest BCUT2D eigenvalue weighted by molar-refractivity contribution is 7.09. The second-order valence-corrected chi connectivity index (χ2v) is 4.74. The summed E-state index contributed by atoms with van der Waals surface area (Å²) < 4.78 is 1.68. The van der Waals surface area contributed by atoms with E-state index in [-0.39, 0.29) is 5.91 Å². The molecule has 1 amide bonds. The van der Waals surface area contributed by atoms with E-state index < -0.39 is 0 Å². The van der Waals surface area contributed by atoms with Gasteiger partial charge in [-0.1, -0.05) is 6.92 Å². The molecule has 0 unspecified atom stereocenters. The van der Waals surface area contributed by atoms with E-state index in [9.17, 15) is 4.79 Å². The lowest BCUT2D eigenvalue weighted by Gasteiger charge is -2.01. The number of aryl methyl sites for hydroxylation is 2. The van der Waals surface area contributed by atoms with E-state index in [0.29, 0.717) is 12.2 Å². The minimum atomic E-state index is -0.228. The lowest BCUT2D eigenvalue weighted by Crippen LogP contribution is -2.13. The second kappa shape index (κ2) is 5.28. The Morgan fingerprint density at radius 1 is 1.61 bits per heavy atom. The summed E-state index contributed by atoms with van der Waals surface area (Å²) in [6.45, 7) is 2.35. The number of nitrogens with zero attached hydrogens (tertiary/aromatic N) is 3. The van der Waals surface area contributed by atoms with Gasteiger partial charge in [0, 0.05) is 25.2 Å². The lowest BCUT2D eigenvalue weighted by molar-refractivity contribution is 0.102. The number of anilines is 1. The van der Waals surface area contributed by atoms with Crippen molar-refractivity contribution in [3.63, 3.8) is 0 Å². The van der Waals surface area contributed by atoms with E-state index in [1.807, 2.05) is 14.0 Å². The molecule has 0 fully saturated rings. The Morgan fingerprint density at radius 3 is 3.00 bits per heavy atom. The normalized spacial score (nSPS) is 10.6. The van der Waals surface area contributed by atoms with Crippen LogP contribution in [-0.4, -0.2) is 20.7 Å². The molecular formula is C11H15N5OS. The van der Waals surface area contributed by atoms with Gasteiger partial charge in [0.15, 0.2) is 0 Å². The maximum absolute atomic E-state index is 12.0. The molecular weight excluding hydrogens is 250 g/mol. The number of carbonyl (C=O) groups is 1. The standard InChI is InChI=1S/C11H15N5OS/c1-3-7-8(5-16(2)15-7)14-11(17)9-6-18-10(4-12)13-9/h5-6H,3-4,12H2,1-2H3,(H,14,17). The molecule has 0 radical (unpaired) electrons. The minimum Gasteiger partial charge on any atom is -0.325 e. The van der Waals surface area contributed by atoms with Crippen LogP contribution in [0.3, 0.4) is 0 Å². The summed E-state index contributed by atoms with van der Waals surface area (Å²) in [5, 5.41) is 9.54. The van der Waals surface area contributed by atoms with Crippen LogP contribution < -0.4 is 11.1 Å². The van der Waals surface area contributed by atoms with Crippen molar-refractivity contribution in [1.82, 2.24) is 14.8 Å². The van der Waals surface area contributed by atoms with Crippen LogP contribution in [0.4, 0.5) is 5.69 Å². The third-order valence-corrected chi connectivity index (χ3v) is 3.32. The van der Waals surface area contributed by atoms with Crippen molar-refractivity contribution in [2.75, 3.05) is 5.32 Å². The molecule has 3 N–H and O–H groups in total. The molecule has 0 aliphatic carbocycles. The minimum absolute atomic E-state index is 0.228. The highest BCUT2D eigenvalue weighted by Crippen LogP contribution is 2.16. The smallest absolute Gasteiger partial charge is 0.275 e. The highest BCUT2D eigenvalue weighted by Gasteiger charge is 2.13. The van der Waals surface area contributed by atoms with Gasteiger partial charge in [0.2, 0.25) is 0 Å². The van der Waals surface area contributed by atoms with Gasteiger partial charge < -0.3 is 11.1 Å². The molecule has 96 valence electrons. The summed E-state index contributed by atoms with van der Waals surface area (Å²) in [6, 6.07) is 0. The molecule has 2 rings (SSSR count). The van der Waals surface area contributed by atoms with E-state index in [2.05, 4.69) is 15.4 Å². The van der Waals surface area contributed by atoms with Gasteiger partial charge in [-0.2, -0.15) is 5.10 Å².